The summed E-state index contributed by atoms with van der Waals surface area (Å²) in [7, 11) is 0. The Morgan fingerprint density at radius 1 is 1.29 bits per heavy atom. The molecule has 0 saturated heterocycles. The van der Waals surface area contributed by atoms with Gasteiger partial charge in [0, 0.05) is 17.8 Å². The fourth-order valence-electron chi connectivity index (χ4n) is 3.17. The molecule has 5 nitrogen and oxygen atoms in total. The summed E-state index contributed by atoms with van der Waals surface area (Å²) in [6, 6.07) is 11.3. The highest BCUT2D eigenvalue weighted by molar-refractivity contribution is 6.32. The molecule has 0 spiro atoms. The highest BCUT2D eigenvalue weighted by atomic mass is 35.5. The number of benzene rings is 2. The SMILES string of the molecule is CCCN1C(=O)c2ccccc2N[C@H]1c1cc(Cl)c2c(c1)OCO2. The first-order valence-electron chi connectivity index (χ1n) is 7.94. The molecule has 124 valence electrons. The largest absolute Gasteiger partial charge is 0.454 e. The summed E-state index contributed by atoms with van der Waals surface area (Å²) >= 11 is 6.32. The third-order valence-corrected chi connectivity index (χ3v) is 4.53. The van der Waals surface area contributed by atoms with Gasteiger partial charge in [-0.3, -0.25) is 4.79 Å². The first-order valence-corrected chi connectivity index (χ1v) is 8.32. The average molecular weight is 345 g/mol. The Labute approximate surface area is 145 Å². The van der Waals surface area contributed by atoms with E-state index in [-0.39, 0.29) is 18.9 Å². The lowest BCUT2D eigenvalue weighted by Gasteiger charge is -2.38. The van der Waals surface area contributed by atoms with Crippen LogP contribution in [0.5, 0.6) is 11.5 Å². The molecule has 2 aliphatic heterocycles. The van der Waals surface area contributed by atoms with Crippen molar-refractivity contribution in [2.24, 2.45) is 0 Å². The van der Waals surface area contributed by atoms with Crippen molar-refractivity contribution in [1.29, 1.82) is 0 Å². The van der Waals surface area contributed by atoms with Crippen molar-refractivity contribution in [3.8, 4) is 11.5 Å². The molecule has 1 N–H and O–H groups in total. The first kappa shape index (κ1) is 15.1. The van der Waals surface area contributed by atoms with Crippen LogP contribution >= 0.6 is 11.6 Å². The number of amides is 1. The molecule has 2 aromatic rings. The summed E-state index contributed by atoms with van der Waals surface area (Å²) < 4.78 is 10.8. The lowest BCUT2D eigenvalue weighted by Crippen LogP contribution is -2.43. The summed E-state index contributed by atoms with van der Waals surface area (Å²) in [6.07, 6.45) is 0.573. The minimum absolute atomic E-state index is 0.0185. The molecule has 2 heterocycles. The third kappa shape index (κ3) is 2.36. The Balaban J connectivity index is 1.79. The second kappa shape index (κ2) is 5.91. The van der Waals surface area contributed by atoms with Crippen LogP contribution in [0.2, 0.25) is 5.02 Å². The van der Waals surface area contributed by atoms with Gasteiger partial charge in [0.2, 0.25) is 6.79 Å². The van der Waals surface area contributed by atoms with Crippen LogP contribution in [0.25, 0.3) is 0 Å². The Morgan fingerprint density at radius 2 is 2.12 bits per heavy atom. The molecule has 1 amide bonds. The van der Waals surface area contributed by atoms with E-state index in [0.29, 0.717) is 28.6 Å². The number of ether oxygens (including phenoxy) is 2. The number of anilines is 1. The van der Waals surface area contributed by atoms with Crippen molar-refractivity contribution in [2.45, 2.75) is 19.5 Å². The zero-order valence-corrected chi connectivity index (χ0v) is 14.0. The van der Waals surface area contributed by atoms with Gasteiger partial charge in [0.25, 0.3) is 5.91 Å². The predicted molar refractivity (Wildman–Crippen MR) is 91.7 cm³/mol. The molecule has 2 aromatic carbocycles. The van der Waals surface area contributed by atoms with E-state index in [2.05, 4.69) is 12.2 Å². The number of para-hydroxylation sites is 1. The second-order valence-electron chi connectivity index (χ2n) is 5.83. The molecule has 0 saturated carbocycles. The molecule has 0 aromatic heterocycles. The smallest absolute Gasteiger partial charge is 0.257 e. The molecular formula is C18H17ClN2O3. The van der Waals surface area contributed by atoms with Crippen molar-refractivity contribution in [3.05, 3.63) is 52.5 Å². The quantitative estimate of drug-likeness (QED) is 0.912. The van der Waals surface area contributed by atoms with Crippen LogP contribution in [0.4, 0.5) is 5.69 Å². The number of nitrogens with zero attached hydrogens (tertiary/aromatic N) is 1. The minimum Gasteiger partial charge on any atom is -0.454 e. The highest BCUT2D eigenvalue weighted by Gasteiger charge is 2.33. The zero-order chi connectivity index (χ0) is 16.7. The van der Waals surface area contributed by atoms with Gasteiger partial charge in [-0.1, -0.05) is 30.7 Å². The van der Waals surface area contributed by atoms with Crippen LogP contribution in [0.15, 0.2) is 36.4 Å². The van der Waals surface area contributed by atoms with Crippen LogP contribution < -0.4 is 14.8 Å². The summed E-state index contributed by atoms with van der Waals surface area (Å²) in [4.78, 5) is 14.7. The van der Waals surface area contributed by atoms with E-state index in [9.17, 15) is 4.79 Å². The van der Waals surface area contributed by atoms with Gasteiger partial charge in [-0.25, -0.2) is 0 Å². The number of hydrogen-bond donors (Lipinski definition) is 1. The summed E-state index contributed by atoms with van der Waals surface area (Å²) in [6.45, 7) is 2.87. The van der Waals surface area contributed by atoms with Gasteiger partial charge in [-0.05, 0) is 30.7 Å². The fourth-order valence-corrected chi connectivity index (χ4v) is 3.45. The molecule has 0 fully saturated rings. The van der Waals surface area contributed by atoms with E-state index in [0.717, 1.165) is 17.7 Å². The van der Waals surface area contributed by atoms with E-state index in [4.69, 9.17) is 21.1 Å². The maximum Gasteiger partial charge on any atom is 0.257 e. The van der Waals surface area contributed by atoms with Gasteiger partial charge < -0.3 is 19.7 Å². The Morgan fingerprint density at radius 3 is 2.96 bits per heavy atom. The summed E-state index contributed by atoms with van der Waals surface area (Å²) in [5.74, 6) is 1.19. The zero-order valence-electron chi connectivity index (χ0n) is 13.2. The number of nitrogens with one attached hydrogen (secondary N) is 1. The number of carbonyl (C=O) groups excluding carboxylic acids is 1. The van der Waals surface area contributed by atoms with E-state index in [1.807, 2.05) is 41.3 Å². The minimum atomic E-state index is -0.292. The molecular weight excluding hydrogens is 328 g/mol. The molecule has 24 heavy (non-hydrogen) atoms. The van der Waals surface area contributed by atoms with Crippen molar-refractivity contribution in [1.82, 2.24) is 4.90 Å². The van der Waals surface area contributed by atoms with E-state index < -0.39 is 0 Å². The first-order chi connectivity index (χ1) is 11.7. The molecule has 2 aliphatic rings. The van der Waals surface area contributed by atoms with Crippen LogP contribution in [0, 0.1) is 0 Å². The number of halogens is 1. The number of hydrogen-bond acceptors (Lipinski definition) is 4. The van der Waals surface area contributed by atoms with Gasteiger partial charge in [-0.2, -0.15) is 0 Å². The van der Waals surface area contributed by atoms with Gasteiger partial charge >= 0.3 is 0 Å². The summed E-state index contributed by atoms with van der Waals surface area (Å²) in [5.41, 5.74) is 2.39. The highest BCUT2D eigenvalue weighted by Crippen LogP contribution is 2.43. The second-order valence-corrected chi connectivity index (χ2v) is 6.23. The van der Waals surface area contributed by atoms with Crippen molar-refractivity contribution in [2.75, 3.05) is 18.7 Å². The number of rotatable bonds is 3. The average Bonchev–Trinajstić information content (AvgIpc) is 3.06. The standard InChI is InChI=1S/C18H17ClN2O3/c1-2-7-21-17(20-14-6-4-3-5-12(14)18(21)22)11-8-13(19)16-15(9-11)23-10-24-16/h3-6,8-9,17,20H,2,7,10H2,1H3/t17-/m1/s1. The Hall–Kier alpha value is -2.40. The van der Waals surface area contributed by atoms with Gasteiger partial charge in [0.15, 0.2) is 11.5 Å². The lowest BCUT2D eigenvalue weighted by atomic mass is 10.0. The lowest BCUT2D eigenvalue weighted by molar-refractivity contribution is 0.0683. The molecule has 0 aliphatic carbocycles. The van der Waals surface area contributed by atoms with Gasteiger partial charge in [0.1, 0.15) is 6.17 Å². The molecule has 4 rings (SSSR count). The van der Waals surface area contributed by atoms with Crippen LogP contribution in [0.1, 0.15) is 35.4 Å². The van der Waals surface area contributed by atoms with E-state index >= 15 is 0 Å². The predicted octanol–water partition coefficient (Wildman–Crippen LogP) is 4.05. The fraction of sp³-hybridized carbons (Fsp3) is 0.278. The maximum atomic E-state index is 12.9. The van der Waals surface area contributed by atoms with Crippen LogP contribution in [-0.4, -0.2) is 24.1 Å². The van der Waals surface area contributed by atoms with Gasteiger partial charge in [-0.15, -0.1) is 0 Å². The van der Waals surface area contributed by atoms with E-state index in [1.165, 1.54) is 0 Å². The monoisotopic (exact) mass is 344 g/mol. The van der Waals surface area contributed by atoms with Crippen LogP contribution in [-0.2, 0) is 0 Å². The van der Waals surface area contributed by atoms with Gasteiger partial charge in [0.05, 0.1) is 10.6 Å². The molecule has 0 bridgehead atoms. The Kier molecular flexibility index (Phi) is 3.73. The molecule has 0 unspecified atom stereocenters. The summed E-state index contributed by atoms with van der Waals surface area (Å²) in [5, 5.41) is 3.94. The molecule has 6 heteroatoms. The van der Waals surface area contributed by atoms with E-state index in [1.54, 1.807) is 0 Å². The van der Waals surface area contributed by atoms with Crippen molar-refractivity contribution in [3.63, 3.8) is 0 Å². The number of carbonyl (C=O) groups is 1. The molecule has 1 atom stereocenters. The van der Waals surface area contributed by atoms with Crippen molar-refractivity contribution >= 4 is 23.2 Å². The topological polar surface area (TPSA) is 50.8 Å². The third-order valence-electron chi connectivity index (χ3n) is 4.25. The number of fused-ring (bicyclic) bond motifs is 2. The Bertz CT molecular complexity index is 809. The maximum absolute atomic E-state index is 12.9. The normalized spacial score (nSPS) is 18.3. The van der Waals surface area contributed by atoms with Crippen molar-refractivity contribution < 1.29 is 14.3 Å². The molecule has 0 radical (unpaired) electrons. The van der Waals surface area contributed by atoms with Crippen LogP contribution in [0.3, 0.4) is 0 Å².